The molecule has 0 spiro atoms. The zero-order valence-corrected chi connectivity index (χ0v) is 20.7. The predicted octanol–water partition coefficient (Wildman–Crippen LogP) is 5.28. The molecule has 0 aromatic heterocycles. The fraction of sp³-hybridized carbons (Fsp3) is 0.483. The molecule has 0 bridgehead atoms. The van der Waals surface area contributed by atoms with Crippen molar-refractivity contribution in [2.24, 2.45) is 5.92 Å². The molecule has 0 aliphatic carbocycles. The number of amides is 2. The van der Waals surface area contributed by atoms with Gasteiger partial charge in [-0.15, -0.1) is 0 Å². The molecule has 2 atom stereocenters. The van der Waals surface area contributed by atoms with Gasteiger partial charge in [0.05, 0.1) is 11.5 Å². The van der Waals surface area contributed by atoms with E-state index in [-0.39, 0.29) is 23.8 Å². The van der Waals surface area contributed by atoms with Gasteiger partial charge in [0.25, 0.3) is 0 Å². The second kappa shape index (κ2) is 11.8. The lowest BCUT2D eigenvalue weighted by atomic mass is 9.69. The number of carbonyl (C=O) groups excluding carboxylic acids is 2. The summed E-state index contributed by atoms with van der Waals surface area (Å²) >= 11 is 0. The number of carbonyl (C=O) groups is 2. The van der Waals surface area contributed by atoms with E-state index in [9.17, 15) is 14.9 Å². The summed E-state index contributed by atoms with van der Waals surface area (Å²) in [4.78, 5) is 27.5. The van der Waals surface area contributed by atoms with Gasteiger partial charge in [0.1, 0.15) is 6.04 Å². The highest BCUT2D eigenvalue weighted by Crippen LogP contribution is 2.37. The highest BCUT2D eigenvalue weighted by atomic mass is 16.2. The van der Waals surface area contributed by atoms with Crippen molar-refractivity contribution in [3.8, 4) is 6.07 Å². The quantitative estimate of drug-likeness (QED) is 0.491. The third kappa shape index (κ3) is 6.05. The molecule has 3 rings (SSSR count). The number of hydrogen-bond donors (Lipinski definition) is 1. The standard InChI is InChI=1S/C29H37N3O2/c1-22(2)29(21-30,25-10-5-4-6-11-25)18-8-7-13-27(33)32-19-9-12-26(32)28(34)31-20-24-16-14-23(3)15-17-24/h4-6,10-11,14-17,22,26H,7-9,12-13,18-20H2,1-3H3,(H,31,34)/t26-,29?/m1/s1. The van der Waals surface area contributed by atoms with Gasteiger partial charge in [-0.1, -0.05) is 80.4 Å². The molecule has 2 aromatic rings. The van der Waals surface area contributed by atoms with Gasteiger partial charge in [-0.25, -0.2) is 0 Å². The summed E-state index contributed by atoms with van der Waals surface area (Å²) in [6.07, 6.45) is 4.22. The molecule has 0 saturated carbocycles. The average molecular weight is 460 g/mol. The van der Waals surface area contributed by atoms with Crippen LogP contribution in [0.4, 0.5) is 0 Å². The Morgan fingerprint density at radius 1 is 1.12 bits per heavy atom. The SMILES string of the molecule is Cc1ccc(CNC(=O)[C@H]2CCCN2C(=O)CCCCC(C#N)(c2ccccc2)C(C)C)cc1. The van der Waals surface area contributed by atoms with Gasteiger partial charge in [0.2, 0.25) is 11.8 Å². The second-order valence-corrected chi connectivity index (χ2v) is 9.76. The van der Waals surface area contributed by atoms with Crippen LogP contribution in [0.1, 0.15) is 69.1 Å². The Morgan fingerprint density at radius 2 is 1.82 bits per heavy atom. The molecule has 5 nitrogen and oxygen atoms in total. The lowest BCUT2D eigenvalue weighted by Crippen LogP contribution is -2.45. The van der Waals surface area contributed by atoms with E-state index < -0.39 is 5.41 Å². The van der Waals surface area contributed by atoms with E-state index in [1.807, 2.05) is 61.5 Å². The van der Waals surface area contributed by atoms with Crippen LogP contribution in [-0.4, -0.2) is 29.3 Å². The van der Waals surface area contributed by atoms with E-state index in [4.69, 9.17) is 0 Å². The van der Waals surface area contributed by atoms with Crippen LogP contribution < -0.4 is 5.32 Å². The Hall–Kier alpha value is -3.13. The van der Waals surface area contributed by atoms with Gasteiger partial charge < -0.3 is 10.2 Å². The van der Waals surface area contributed by atoms with Crippen molar-refractivity contribution in [2.75, 3.05) is 6.54 Å². The lowest BCUT2D eigenvalue weighted by Gasteiger charge is -2.31. The summed E-state index contributed by atoms with van der Waals surface area (Å²) in [5.74, 6) is 0.148. The minimum absolute atomic E-state index is 0.0415. The largest absolute Gasteiger partial charge is 0.350 e. The van der Waals surface area contributed by atoms with Crippen LogP contribution in [0, 0.1) is 24.2 Å². The minimum atomic E-state index is -0.545. The topological polar surface area (TPSA) is 73.2 Å². The van der Waals surface area contributed by atoms with Crippen molar-refractivity contribution in [3.63, 3.8) is 0 Å². The maximum absolute atomic E-state index is 13.0. The molecule has 2 aromatic carbocycles. The molecule has 180 valence electrons. The van der Waals surface area contributed by atoms with Crippen molar-refractivity contribution in [1.82, 2.24) is 10.2 Å². The summed E-state index contributed by atoms with van der Waals surface area (Å²) in [6, 6.07) is 20.3. The van der Waals surface area contributed by atoms with Gasteiger partial charge in [0.15, 0.2) is 0 Å². The summed E-state index contributed by atoms with van der Waals surface area (Å²) in [7, 11) is 0. The first-order valence-corrected chi connectivity index (χ1v) is 12.5. The molecule has 1 saturated heterocycles. The van der Waals surface area contributed by atoms with E-state index in [2.05, 4.69) is 25.2 Å². The smallest absolute Gasteiger partial charge is 0.243 e. The van der Waals surface area contributed by atoms with Crippen molar-refractivity contribution in [1.29, 1.82) is 5.26 Å². The first-order valence-electron chi connectivity index (χ1n) is 12.5. The number of aryl methyl sites for hydroxylation is 1. The predicted molar refractivity (Wildman–Crippen MR) is 135 cm³/mol. The molecular weight excluding hydrogens is 422 g/mol. The number of likely N-dealkylation sites (tertiary alicyclic amines) is 1. The van der Waals surface area contributed by atoms with E-state index in [1.165, 1.54) is 5.56 Å². The fourth-order valence-electron chi connectivity index (χ4n) is 4.93. The summed E-state index contributed by atoms with van der Waals surface area (Å²) in [6.45, 7) is 7.33. The third-order valence-electron chi connectivity index (χ3n) is 7.15. The van der Waals surface area contributed by atoms with E-state index in [0.29, 0.717) is 25.9 Å². The van der Waals surface area contributed by atoms with Crippen LogP contribution in [0.2, 0.25) is 0 Å². The highest BCUT2D eigenvalue weighted by molar-refractivity contribution is 5.88. The maximum atomic E-state index is 13.0. The summed E-state index contributed by atoms with van der Waals surface area (Å²) < 4.78 is 0. The maximum Gasteiger partial charge on any atom is 0.243 e. The molecule has 1 aliphatic rings. The van der Waals surface area contributed by atoms with E-state index in [1.54, 1.807) is 4.90 Å². The first-order chi connectivity index (χ1) is 16.4. The van der Waals surface area contributed by atoms with Gasteiger partial charge >= 0.3 is 0 Å². The average Bonchev–Trinajstić information content (AvgIpc) is 3.34. The molecule has 1 aliphatic heterocycles. The molecule has 2 amide bonds. The molecule has 0 radical (unpaired) electrons. The van der Waals surface area contributed by atoms with Crippen molar-refractivity contribution in [2.45, 2.75) is 77.3 Å². The van der Waals surface area contributed by atoms with Crippen LogP contribution in [-0.2, 0) is 21.5 Å². The molecule has 1 unspecified atom stereocenters. The Kier molecular flexibility index (Phi) is 8.87. The third-order valence-corrected chi connectivity index (χ3v) is 7.15. The molecule has 1 fully saturated rings. The Morgan fingerprint density at radius 3 is 2.47 bits per heavy atom. The molecule has 1 heterocycles. The van der Waals surface area contributed by atoms with Crippen LogP contribution in [0.15, 0.2) is 54.6 Å². The molecule has 5 heteroatoms. The van der Waals surface area contributed by atoms with E-state index in [0.717, 1.165) is 36.8 Å². The number of nitrogens with zero attached hydrogens (tertiary/aromatic N) is 2. The number of unbranched alkanes of at least 4 members (excludes halogenated alkanes) is 1. The fourth-order valence-corrected chi connectivity index (χ4v) is 4.93. The van der Waals surface area contributed by atoms with E-state index >= 15 is 0 Å². The molecular formula is C29H37N3O2. The zero-order valence-electron chi connectivity index (χ0n) is 20.7. The Bertz CT molecular complexity index is 994. The monoisotopic (exact) mass is 459 g/mol. The van der Waals surface area contributed by atoms with Crippen LogP contribution >= 0.6 is 0 Å². The normalized spacial score (nSPS) is 17.3. The first kappa shape index (κ1) is 25.5. The van der Waals surface area contributed by atoms with Gasteiger partial charge in [-0.3, -0.25) is 9.59 Å². The lowest BCUT2D eigenvalue weighted by molar-refractivity contribution is -0.138. The highest BCUT2D eigenvalue weighted by Gasteiger charge is 2.36. The second-order valence-electron chi connectivity index (χ2n) is 9.76. The summed E-state index contributed by atoms with van der Waals surface area (Å²) in [5, 5.41) is 13.1. The van der Waals surface area contributed by atoms with Gasteiger partial charge in [-0.05, 0) is 49.7 Å². The minimum Gasteiger partial charge on any atom is -0.350 e. The van der Waals surface area contributed by atoms with Crippen molar-refractivity contribution >= 4 is 11.8 Å². The number of rotatable bonds is 10. The number of benzene rings is 2. The van der Waals surface area contributed by atoms with Gasteiger partial charge in [-0.2, -0.15) is 5.26 Å². The zero-order chi connectivity index (χ0) is 24.6. The van der Waals surface area contributed by atoms with Gasteiger partial charge in [0, 0.05) is 19.5 Å². The Labute approximate surface area is 204 Å². The molecule has 1 N–H and O–H groups in total. The van der Waals surface area contributed by atoms with Crippen LogP contribution in [0.5, 0.6) is 0 Å². The van der Waals surface area contributed by atoms with Crippen molar-refractivity contribution in [3.05, 3.63) is 71.3 Å². The molecule has 34 heavy (non-hydrogen) atoms. The van der Waals surface area contributed by atoms with Crippen LogP contribution in [0.3, 0.4) is 0 Å². The van der Waals surface area contributed by atoms with Crippen LogP contribution in [0.25, 0.3) is 0 Å². The number of hydrogen-bond acceptors (Lipinski definition) is 3. The number of nitrogens with one attached hydrogen (secondary N) is 1. The Balaban J connectivity index is 1.51. The summed E-state index contributed by atoms with van der Waals surface area (Å²) in [5.41, 5.74) is 2.74. The van der Waals surface area contributed by atoms with Crippen molar-refractivity contribution < 1.29 is 9.59 Å². The number of nitriles is 1.